The molecule has 2 atom stereocenters. The number of nitrogens with one attached hydrogen (secondary N) is 1. The molecule has 1 aliphatic carbocycles. The summed E-state index contributed by atoms with van der Waals surface area (Å²) in [4.78, 5) is 0. The summed E-state index contributed by atoms with van der Waals surface area (Å²) in [6.45, 7) is 0. The van der Waals surface area contributed by atoms with Gasteiger partial charge in [-0.2, -0.15) is 0 Å². The highest BCUT2D eigenvalue weighted by molar-refractivity contribution is 7.91. The van der Waals surface area contributed by atoms with Crippen molar-refractivity contribution in [3.63, 3.8) is 0 Å². The summed E-state index contributed by atoms with van der Waals surface area (Å²) in [5.74, 6) is 0.0372. The number of hydrogen-bond donors (Lipinski definition) is 1. The van der Waals surface area contributed by atoms with Crippen LogP contribution in [-0.4, -0.2) is 26.8 Å². The monoisotopic (exact) mass is 301 g/mol. The fraction of sp³-hybridized carbons (Fsp3) is 0.571. The van der Waals surface area contributed by atoms with E-state index in [1.54, 1.807) is 12.1 Å². The van der Waals surface area contributed by atoms with E-state index in [2.05, 4.69) is 5.32 Å². The van der Waals surface area contributed by atoms with Gasteiger partial charge in [0, 0.05) is 11.1 Å². The van der Waals surface area contributed by atoms with Gasteiger partial charge >= 0.3 is 0 Å². The molecule has 1 aliphatic rings. The second-order valence-electron chi connectivity index (χ2n) is 5.12. The zero-order chi connectivity index (χ0) is 13.9. The molecule has 0 saturated heterocycles. The zero-order valence-electron chi connectivity index (χ0n) is 11.1. The molecule has 0 bridgehead atoms. The van der Waals surface area contributed by atoms with Crippen LogP contribution in [0.5, 0.6) is 0 Å². The Labute approximate surface area is 120 Å². The van der Waals surface area contributed by atoms with E-state index in [0.29, 0.717) is 10.6 Å². The van der Waals surface area contributed by atoms with Crippen LogP contribution in [0.3, 0.4) is 0 Å². The van der Waals surface area contributed by atoms with Gasteiger partial charge in [-0.3, -0.25) is 0 Å². The SMILES string of the molecule is CNC1CCCCC1S(=O)(=O)Cc1ccccc1Cl. The van der Waals surface area contributed by atoms with Crippen LogP contribution in [0.1, 0.15) is 31.2 Å². The predicted molar refractivity (Wildman–Crippen MR) is 79.2 cm³/mol. The first kappa shape index (κ1) is 14.8. The minimum Gasteiger partial charge on any atom is -0.316 e. The van der Waals surface area contributed by atoms with Crippen LogP contribution < -0.4 is 5.32 Å². The molecule has 106 valence electrons. The van der Waals surface area contributed by atoms with Crippen molar-refractivity contribution in [2.24, 2.45) is 0 Å². The Morgan fingerprint density at radius 3 is 2.63 bits per heavy atom. The lowest BCUT2D eigenvalue weighted by Gasteiger charge is -2.31. The van der Waals surface area contributed by atoms with Crippen LogP contribution in [0.4, 0.5) is 0 Å². The van der Waals surface area contributed by atoms with Crippen LogP contribution in [0, 0.1) is 0 Å². The number of benzene rings is 1. The molecule has 1 fully saturated rings. The van der Waals surface area contributed by atoms with Gasteiger partial charge in [0.05, 0.1) is 11.0 Å². The van der Waals surface area contributed by atoms with E-state index in [9.17, 15) is 8.42 Å². The summed E-state index contributed by atoms with van der Waals surface area (Å²) >= 11 is 6.06. The molecule has 1 N–H and O–H groups in total. The van der Waals surface area contributed by atoms with E-state index >= 15 is 0 Å². The summed E-state index contributed by atoms with van der Waals surface area (Å²) in [5.41, 5.74) is 0.699. The van der Waals surface area contributed by atoms with E-state index in [-0.39, 0.29) is 17.0 Å². The van der Waals surface area contributed by atoms with Gasteiger partial charge in [0.2, 0.25) is 0 Å². The molecule has 2 rings (SSSR count). The summed E-state index contributed by atoms with van der Waals surface area (Å²) < 4.78 is 25.2. The van der Waals surface area contributed by atoms with Crippen molar-refractivity contribution in [1.82, 2.24) is 5.32 Å². The molecule has 0 aliphatic heterocycles. The van der Waals surface area contributed by atoms with Crippen LogP contribution in [0.2, 0.25) is 5.02 Å². The molecular weight excluding hydrogens is 282 g/mol. The van der Waals surface area contributed by atoms with Crippen LogP contribution in [0.15, 0.2) is 24.3 Å². The highest BCUT2D eigenvalue weighted by Gasteiger charge is 2.34. The van der Waals surface area contributed by atoms with Crippen LogP contribution in [0.25, 0.3) is 0 Å². The van der Waals surface area contributed by atoms with E-state index in [1.807, 2.05) is 19.2 Å². The lowest BCUT2D eigenvalue weighted by Crippen LogP contribution is -2.45. The topological polar surface area (TPSA) is 46.2 Å². The molecule has 1 aromatic rings. The molecule has 1 saturated carbocycles. The van der Waals surface area contributed by atoms with Gasteiger partial charge in [0.15, 0.2) is 9.84 Å². The molecule has 2 unspecified atom stereocenters. The maximum absolute atomic E-state index is 12.6. The highest BCUT2D eigenvalue weighted by atomic mass is 35.5. The third-order valence-electron chi connectivity index (χ3n) is 3.85. The van der Waals surface area contributed by atoms with Crippen molar-refractivity contribution in [2.75, 3.05) is 7.05 Å². The van der Waals surface area contributed by atoms with Crippen molar-refractivity contribution >= 4 is 21.4 Å². The van der Waals surface area contributed by atoms with Crippen LogP contribution in [-0.2, 0) is 15.6 Å². The summed E-state index contributed by atoms with van der Waals surface area (Å²) in [5, 5.41) is 3.39. The minimum absolute atomic E-state index is 0.0372. The smallest absolute Gasteiger partial charge is 0.158 e. The van der Waals surface area contributed by atoms with E-state index in [4.69, 9.17) is 11.6 Å². The minimum atomic E-state index is -3.17. The first-order valence-electron chi connectivity index (χ1n) is 6.67. The Morgan fingerprint density at radius 2 is 1.95 bits per heavy atom. The molecule has 0 amide bonds. The van der Waals surface area contributed by atoms with Gasteiger partial charge < -0.3 is 5.32 Å². The maximum Gasteiger partial charge on any atom is 0.158 e. The average molecular weight is 302 g/mol. The highest BCUT2D eigenvalue weighted by Crippen LogP contribution is 2.28. The normalized spacial score (nSPS) is 24.3. The lowest BCUT2D eigenvalue weighted by atomic mass is 9.95. The summed E-state index contributed by atoms with van der Waals surface area (Å²) in [7, 11) is -1.33. The molecule has 19 heavy (non-hydrogen) atoms. The van der Waals surface area contributed by atoms with Gasteiger partial charge in [-0.05, 0) is 31.5 Å². The third kappa shape index (κ3) is 3.50. The van der Waals surface area contributed by atoms with Crippen LogP contribution >= 0.6 is 11.6 Å². The van der Waals surface area contributed by atoms with E-state index in [0.717, 1.165) is 25.7 Å². The molecule has 1 aromatic carbocycles. The van der Waals surface area contributed by atoms with Crippen molar-refractivity contribution in [3.8, 4) is 0 Å². The second kappa shape index (κ2) is 6.25. The quantitative estimate of drug-likeness (QED) is 0.930. The largest absolute Gasteiger partial charge is 0.316 e. The molecular formula is C14H20ClNO2S. The van der Waals surface area contributed by atoms with Crippen molar-refractivity contribution in [1.29, 1.82) is 0 Å². The Bertz CT molecular complexity index is 530. The first-order chi connectivity index (χ1) is 9.04. The Morgan fingerprint density at radius 1 is 1.26 bits per heavy atom. The summed E-state index contributed by atoms with van der Waals surface area (Å²) in [6, 6.07) is 7.24. The standard InChI is InChI=1S/C14H20ClNO2S/c1-16-13-8-4-5-9-14(13)19(17,18)10-11-6-2-3-7-12(11)15/h2-3,6-7,13-14,16H,4-5,8-10H2,1H3. The fourth-order valence-electron chi connectivity index (χ4n) is 2.80. The molecule has 3 nitrogen and oxygen atoms in total. The maximum atomic E-state index is 12.6. The summed E-state index contributed by atoms with van der Waals surface area (Å²) in [6.07, 6.45) is 3.77. The second-order valence-corrected chi connectivity index (χ2v) is 7.74. The molecule has 5 heteroatoms. The average Bonchev–Trinajstić information content (AvgIpc) is 2.41. The number of rotatable bonds is 4. The van der Waals surface area contributed by atoms with Gasteiger partial charge in [0.25, 0.3) is 0 Å². The van der Waals surface area contributed by atoms with Crippen molar-refractivity contribution in [2.45, 2.75) is 42.7 Å². The Kier molecular flexibility index (Phi) is 4.87. The zero-order valence-corrected chi connectivity index (χ0v) is 12.7. The molecule has 0 aromatic heterocycles. The van der Waals surface area contributed by atoms with Gasteiger partial charge in [-0.1, -0.05) is 42.6 Å². The van der Waals surface area contributed by atoms with Crippen molar-refractivity contribution in [3.05, 3.63) is 34.9 Å². The van der Waals surface area contributed by atoms with Gasteiger partial charge in [0.1, 0.15) is 0 Å². The van der Waals surface area contributed by atoms with E-state index in [1.165, 1.54) is 0 Å². The predicted octanol–water partition coefficient (Wildman–Crippen LogP) is 2.79. The Balaban J connectivity index is 2.20. The van der Waals surface area contributed by atoms with E-state index < -0.39 is 9.84 Å². The van der Waals surface area contributed by atoms with Gasteiger partial charge in [-0.25, -0.2) is 8.42 Å². The first-order valence-corrected chi connectivity index (χ1v) is 8.76. The molecule has 0 radical (unpaired) electrons. The third-order valence-corrected chi connectivity index (χ3v) is 6.42. The van der Waals surface area contributed by atoms with Crippen molar-refractivity contribution < 1.29 is 8.42 Å². The molecule has 0 spiro atoms. The molecule has 0 heterocycles. The number of hydrogen-bond acceptors (Lipinski definition) is 3. The number of halogens is 1. The number of sulfone groups is 1. The lowest BCUT2D eigenvalue weighted by molar-refractivity contribution is 0.389. The Hall–Kier alpha value is -0.580. The van der Waals surface area contributed by atoms with Gasteiger partial charge in [-0.15, -0.1) is 0 Å². The fourth-order valence-corrected chi connectivity index (χ4v) is 5.28.